The molecular formula is C48H83N5O9Si2. The largest absolute Gasteiger partial charge is 0.449 e. The minimum Gasteiger partial charge on any atom is -0.449 e. The highest BCUT2D eigenvalue weighted by atomic mass is 28.4. The van der Waals surface area contributed by atoms with Gasteiger partial charge < -0.3 is 50.2 Å². The molecule has 0 bridgehead atoms. The van der Waals surface area contributed by atoms with Gasteiger partial charge in [-0.2, -0.15) is 0 Å². The number of azide groups is 1. The first kappa shape index (κ1) is 64.1. The average molecular weight is 930 g/mol. The molecule has 0 unspecified atom stereocenters. The SMILES string of the molecule is C.CC(C)(C)[Si](C)(C)OC/C=C\CN=[N+]=[N-].CC(C)(C)[Si](C)(C)OC/C=C\CO.NC/C=C\CO.O=C(NC/C=C\CO)OCC1c2ccccc2-c2ccccc21.OC/C=C\CO. The molecule has 0 aliphatic heterocycles. The van der Waals surface area contributed by atoms with Gasteiger partial charge in [0.05, 0.1) is 46.2 Å². The van der Waals surface area contributed by atoms with Crippen LogP contribution in [0.4, 0.5) is 4.79 Å². The second kappa shape index (κ2) is 37.1. The number of nitrogens with two attached hydrogens (primary N) is 1. The number of benzene rings is 2. The molecule has 1 aliphatic rings. The number of aliphatic hydroxyl groups excluding tert-OH is 5. The summed E-state index contributed by atoms with van der Waals surface area (Å²) >= 11 is 0. The van der Waals surface area contributed by atoms with Gasteiger partial charge in [-0.05, 0) is 64.0 Å². The van der Waals surface area contributed by atoms with E-state index in [2.05, 4.69) is 107 Å². The standard InChI is InChI=1S/C19H19NO3.C10H21N3OSi.C10H22O2Si.C4H9NO.C4H8O2.CH4/c21-12-6-5-11-20-19(22)23-13-18-16-9-3-1-7-14(16)15-8-2-4-10-17(15)18;1-10(2,3)15(4,5)14-9-7-6-8-12-13-11;1-10(2,3)13(4,5)12-9-7-6-8-11;2*5-3-1-2-4-6;/h1-10,18,21H,11-13H2,(H,20,22);6-7H,8-9H2,1-5H3;6-7,11H,8-9H2,1-5H3;1-2,6H,3-5H2;1-2,5-6H,3-4H2;1H4/b6-5-;2*7-6-;2*2-1-;. The lowest BCUT2D eigenvalue weighted by atomic mass is 9.98. The third kappa shape index (κ3) is 28.6. The van der Waals surface area contributed by atoms with Crippen molar-refractivity contribution in [3.8, 4) is 11.1 Å². The van der Waals surface area contributed by atoms with Crippen molar-refractivity contribution in [1.29, 1.82) is 0 Å². The molecule has 1 aliphatic carbocycles. The number of nitrogens with zero attached hydrogens (tertiary/aromatic N) is 3. The summed E-state index contributed by atoms with van der Waals surface area (Å²) < 4.78 is 17.1. The summed E-state index contributed by atoms with van der Waals surface area (Å²) in [5.74, 6) is 0.0705. The highest BCUT2D eigenvalue weighted by Crippen LogP contribution is 2.44. The van der Waals surface area contributed by atoms with Crippen molar-refractivity contribution in [2.24, 2.45) is 10.8 Å². The Kier molecular flexibility index (Phi) is 37.2. The number of nitrogens with one attached hydrogen (secondary N) is 1. The number of carbonyl (C=O) groups excluding carboxylic acids is 1. The fourth-order valence-electron chi connectivity index (χ4n) is 4.58. The van der Waals surface area contributed by atoms with Crippen molar-refractivity contribution in [2.75, 3.05) is 72.5 Å². The number of fused-ring (bicyclic) bond motifs is 3. The van der Waals surface area contributed by atoms with E-state index >= 15 is 0 Å². The van der Waals surface area contributed by atoms with Crippen LogP contribution in [-0.2, 0) is 13.6 Å². The first-order valence-electron chi connectivity index (χ1n) is 21.1. The Hall–Kier alpha value is -4.17. The van der Waals surface area contributed by atoms with Crippen LogP contribution in [0.15, 0.2) is 114 Å². The molecular weight excluding hydrogens is 847 g/mol. The molecule has 2 aromatic carbocycles. The number of rotatable bonds is 18. The van der Waals surface area contributed by atoms with Gasteiger partial charge in [0.15, 0.2) is 16.6 Å². The molecule has 8 N–H and O–H groups in total. The summed E-state index contributed by atoms with van der Waals surface area (Å²) in [7, 11) is -3.22. The molecule has 0 aromatic heterocycles. The van der Waals surface area contributed by atoms with Gasteiger partial charge in [0, 0.05) is 30.5 Å². The topological polar surface area (TPSA) is 233 Å². The fraction of sp³-hybridized carbons (Fsp3) is 0.521. The predicted octanol–water partition coefficient (Wildman–Crippen LogP) is 9.16. The third-order valence-corrected chi connectivity index (χ3v) is 19.1. The van der Waals surface area contributed by atoms with Gasteiger partial charge >= 0.3 is 6.09 Å². The average Bonchev–Trinajstić information content (AvgIpc) is 3.56. The van der Waals surface area contributed by atoms with Crippen LogP contribution in [-0.4, -0.2) is 121 Å². The van der Waals surface area contributed by atoms with E-state index in [4.69, 9.17) is 50.4 Å². The summed E-state index contributed by atoms with van der Waals surface area (Å²) in [6, 6.07) is 16.5. The zero-order chi connectivity index (χ0) is 48.2. The Morgan fingerprint density at radius 2 is 1.08 bits per heavy atom. The normalized spacial score (nSPS) is 12.4. The first-order valence-corrected chi connectivity index (χ1v) is 26.9. The number of carbonyl (C=O) groups is 1. The zero-order valence-corrected chi connectivity index (χ0v) is 41.5. The van der Waals surface area contributed by atoms with E-state index in [1.165, 1.54) is 34.4 Å². The Labute approximate surface area is 387 Å². The Bertz CT molecular complexity index is 1640. The second-order valence-electron chi connectivity index (χ2n) is 16.8. The van der Waals surface area contributed by atoms with Crippen molar-refractivity contribution in [3.63, 3.8) is 0 Å². The molecule has 0 heterocycles. The van der Waals surface area contributed by atoms with Gasteiger partial charge in [-0.15, -0.1) is 0 Å². The quantitative estimate of drug-likeness (QED) is 0.0246. The number of hydrogen-bond acceptors (Lipinski definition) is 11. The maximum absolute atomic E-state index is 11.8. The van der Waals surface area contributed by atoms with Crippen LogP contribution in [0, 0.1) is 0 Å². The zero-order valence-electron chi connectivity index (χ0n) is 39.5. The minimum absolute atomic E-state index is 0. The van der Waals surface area contributed by atoms with E-state index < -0.39 is 22.7 Å². The van der Waals surface area contributed by atoms with Gasteiger partial charge in [0.1, 0.15) is 6.61 Å². The van der Waals surface area contributed by atoms with Crippen molar-refractivity contribution in [1.82, 2.24) is 5.32 Å². The molecule has 16 heteroatoms. The van der Waals surface area contributed by atoms with Gasteiger partial charge in [-0.25, -0.2) is 4.79 Å². The summed E-state index contributed by atoms with van der Waals surface area (Å²) in [4.78, 5) is 14.4. The first-order chi connectivity index (χ1) is 29.8. The molecule has 0 saturated heterocycles. The lowest BCUT2D eigenvalue weighted by Crippen LogP contribution is -2.40. The lowest BCUT2D eigenvalue weighted by Gasteiger charge is -2.35. The number of hydrogen-bond donors (Lipinski definition) is 7. The molecule has 2 aromatic rings. The number of ether oxygens (including phenoxy) is 1. The van der Waals surface area contributed by atoms with Crippen LogP contribution in [0.3, 0.4) is 0 Å². The molecule has 0 atom stereocenters. The smallest absolute Gasteiger partial charge is 0.407 e. The number of alkyl carbamates (subject to hydrolysis) is 1. The number of aliphatic hydroxyl groups is 5. The van der Waals surface area contributed by atoms with Crippen molar-refractivity contribution < 1.29 is 43.9 Å². The summed E-state index contributed by atoms with van der Waals surface area (Å²) in [5, 5.41) is 47.8. The van der Waals surface area contributed by atoms with Gasteiger partial charge in [0.25, 0.3) is 0 Å². The maximum atomic E-state index is 11.8. The molecule has 1 amide bonds. The fourth-order valence-corrected chi connectivity index (χ4v) is 6.48. The molecule has 3 rings (SSSR count). The summed E-state index contributed by atoms with van der Waals surface area (Å²) in [5.41, 5.74) is 17.9. The van der Waals surface area contributed by atoms with E-state index in [-0.39, 0.29) is 56.5 Å². The Morgan fingerprint density at radius 3 is 1.47 bits per heavy atom. The molecule has 362 valence electrons. The van der Waals surface area contributed by atoms with Crippen molar-refractivity contribution in [2.45, 2.75) is 91.2 Å². The van der Waals surface area contributed by atoms with E-state index in [9.17, 15) is 4.79 Å². The van der Waals surface area contributed by atoms with Crippen LogP contribution in [0.5, 0.6) is 0 Å². The van der Waals surface area contributed by atoms with Crippen LogP contribution < -0.4 is 11.1 Å². The molecule has 64 heavy (non-hydrogen) atoms. The van der Waals surface area contributed by atoms with Crippen LogP contribution in [0.2, 0.25) is 36.3 Å². The van der Waals surface area contributed by atoms with Crippen LogP contribution in [0.1, 0.15) is 66.0 Å². The van der Waals surface area contributed by atoms with Crippen molar-refractivity contribution in [3.05, 3.63) is 131 Å². The lowest BCUT2D eigenvalue weighted by molar-refractivity contribution is 0.144. The summed E-state index contributed by atoms with van der Waals surface area (Å²) in [6.07, 6.45) is 16.4. The summed E-state index contributed by atoms with van der Waals surface area (Å²) in [6.45, 7) is 25.1. The van der Waals surface area contributed by atoms with Gasteiger partial charge in [-0.3, -0.25) is 0 Å². The monoisotopic (exact) mass is 930 g/mol. The maximum Gasteiger partial charge on any atom is 0.407 e. The Morgan fingerprint density at radius 1 is 0.688 bits per heavy atom. The van der Waals surface area contributed by atoms with E-state index in [0.717, 1.165) is 0 Å². The molecule has 0 radical (unpaired) electrons. The van der Waals surface area contributed by atoms with E-state index in [1.54, 1.807) is 30.4 Å². The highest BCUT2D eigenvalue weighted by molar-refractivity contribution is 6.74. The van der Waals surface area contributed by atoms with Crippen LogP contribution >= 0.6 is 0 Å². The Balaban J connectivity index is -0.000000795. The number of amides is 1. The van der Waals surface area contributed by atoms with Crippen molar-refractivity contribution >= 4 is 22.7 Å². The molecule has 0 fully saturated rings. The minimum atomic E-state index is -1.63. The third-order valence-electron chi connectivity index (χ3n) is 10.1. The van der Waals surface area contributed by atoms with Crippen LogP contribution in [0.25, 0.3) is 21.6 Å². The van der Waals surface area contributed by atoms with E-state index in [0.29, 0.717) is 39.5 Å². The molecule has 0 saturated carbocycles. The highest BCUT2D eigenvalue weighted by Gasteiger charge is 2.37. The second-order valence-corrected chi connectivity index (χ2v) is 26.4. The van der Waals surface area contributed by atoms with Gasteiger partial charge in [-0.1, -0.05) is 163 Å². The van der Waals surface area contributed by atoms with E-state index in [1.807, 2.05) is 42.5 Å². The predicted molar refractivity (Wildman–Crippen MR) is 270 cm³/mol. The van der Waals surface area contributed by atoms with Gasteiger partial charge in [0.2, 0.25) is 0 Å². The molecule has 14 nitrogen and oxygen atoms in total. The molecule has 0 spiro atoms.